The molecule has 0 aromatic rings. The van der Waals surface area contributed by atoms with E-state index < -0.39 is 11.1 Å². The molecular formula is C8H11FO2. The van der Waals surface area contributed by atoms with E-state index in [1.807, 2.05) is 0 Å². The zero-order valence-corrected chi connectivity index (χ0v) is 6.52. The third-order valence-corrected chi connectivity index (χ3v) is 2.98. The molecule has 0 aromatic heterocycles. The third-order valence-electron chi connectivity index (χ3n) is 2.98. The Hall–Kier alpha value is -0.600. The maximum Gasteiger partial charge on any atom is 0.312 e. The Bertz CT molecular complexity index is 206. The Labute approximate surface area is 64.7 Å². The lowest BCUT2D eigenvalue weighted by atomic mass is 9.68. The number of carbonyl (C=O) groups is 1. The van der Waals surface area contributed by atoms with Crippen molar-refractivity contribution in [2.24, 2.45) is 5.41 Å². The van der Waals surface area contributed by atoms with Gasteiger partial charge >= 0.3 is 5.97 Å². The van der Waals surface area contributed by atoms with Gasteiger partial charge < -0.3 is 4.74 Å². The number of fused-ring (bicyclic) bond motifs is 1. The van der Waals surface area contributed by atoms with Gasteiger partial charge in [0.2, 0.25) is 0 Å². The highest BCUT2D eigenvalue weighted by Gasteiger charge is 2.66. The highest BCUT2D eigenvalue weighted by atomic mass is 19.1. The van der Waals surface area contributed by atoms with Gasteiger partial charge in [-0.15, -0.1) is 0 Å². The van der Waals surface area contributed by atoms with Crippen molar-refractivity contribution in [3.8, 4) is 0 Å². The van der Waals surface area contributed by atoms with Crippen molar-refractivity contribution in [1.29, 1.82) is 0 Å². The molecule has 0 aliphatic heterocycles. The maximum atomic E-state index is 13.2. The fraction of sp³-hybridized carbons (Fsp3) is 0.875. The van der Waals surface area contributed by atoms with Gasteiger partial charge in [0.15, 0.2) is 0 Å². The first-order valence-corrected chi connectivity index (χ1v) is 3.88. The molecule has 3 fully saturated rings. The van der Waals surface area contributed by atoms with E-state index in [0.29, 0.717) is 25.7 Å². The molecule has 2 nitrogen and oxygen atoms in total. The normalized spacial score (nSPS) is 46.7. The molecule has 0 unspecified atom stereocenters. The molecule has 0 atom stereocenters. The minimum absolute atomic E-state index is 0.219. The summed E-state index contributed by atoms with van der Waals surface area (Å²) in [6.07, 6.45) is 2.01. The number of hydrogen-bond acceptors (Lipinski definition) is 2. The van der Waals surface area contributed by atoms with Crippen molar-refractivity contribution in [3.05, 3.63) is 0 Å². The second kappa shape index (κ2) is 1.76. The minimum atomic E-state index is -1.02. The smallest absolute Gasteiger partial charge is 0.312 e. The average molecular weight is 158 g/mol. The Morgan fingerprint density at radius 1 is 1.45 bits per heavy atom. The van der Waals surface area contributed by atoms with Gasteiger partial charge in [-0.25, -0.2) is 4.39 Å². The summed E-state index contributed by atoms with van der Waals surface area (Å²) in [7, 11) is 1.37. The van der Waals surface area contributed by atoms with Crippen LogP contribution in [0.3, 0.4) is 0 Å². The fourth-order valence-electron chi connectivity index (χ4n) is 2.44. The quantitative estimate of drug-likeness (QED) is 0.540. The first-order valence-electron chi connectivity index (χ1n) is 3.88. The summed E-state index contributed by atoms with van der Waals surface area (Å²) in [5.74, 6) is -0.219. The molecule has 2 bridgehead atoms. The molecule has 3 saturated carbocycles. The summed E-state index contributed by atoms with van der Waals surface area (Å²) in [6, 6.07) is 0. The van der Waals surface area contributed by atoms with Crippen LogP contribution in [0.25, 0.3) is 0 Å². The molecule has 0 aromatic carbocycles. The first-order chi connectivity index (χ1) is 5.10. The fourth-order valence-corrected chi connectivity index (χ4v) is 2.44. The lowest BCUT2D eigenvalue weighted by molar-refractivity contribution is -0.161. The highest BCUT2D eigenvalue weighted by molar-refractivity contribution is 5.79. The van der Waals surface area contributed by atoms with E-state index >= 15 is 0 Å². The minimum Gasteiger partial charge on any atom is -0.469 e. The SMILES string of the molecule is COC(=O)C12CCC(F)(C1)C2. The number of halogens is 1. The molecule has 3 aliphatic carbocycles. The average Bonchev–Trinajstić information content (AvgIpc) is 2.40. The molecule has 0 amide bonds. The Balaban J connectivity index is 2.13. The summed E-state index contributed by atoms with van der Waals surface area (Å²) < 4.78 is 17.8. The molecule has 0 saturated heterocycles. The van der Waals surface area contributed by atoms with Crippen LogP contribution in [0.5, 0.6) is 0 Å². The van der Waals surface area contributed by atoms with Crippen molar-refractivity contribution >= 4 is 5.97 Å². The van der Waals surface area contributed by atoms with E-state index in [4.69, 9.17) is 0 Å². The second-order valence-corrected chi connectivity index (χ2v) is 3.78. The number of alkyl halides is 1. The van der Waals surface area contributed by atoms with E-state index in [0.717, 1.165) is 0 Å². The van der Waals surface area contributed by atoms with Crippen LogP contribution in [0, 0.1) is 5.41 Å². The van der Waals surface area contributed by atoms with Gasteiger partial charge in [-0.2, -0.15) is 0 Å². The molecule has 11 heavy (non-hydrogen) atoms. The van der Waals surface area contributed by atoms with Crippen molar-refractivity contribution in [3.63, 3.8) is 0 Å². The van der Waals surface area contributed by atoms with Gasteiger partial charge in [-0.1, -0.05) is 0 Å². The summed E-state index contributed by atoms with van der Waals surface area (Å²) in [6.45, 7) is 0. The number of ether oxygens (including phenoxy) is 1. The van der Waals surface area contributed by atoms with Gasteiger partial charge in [0.25, 0.3) is 0 Å². The monoisotopic (exact) mass is 158 g/mol. The van der Waals surface area contributed by atoms with Gasteiger partial charge in [-0.05, 0) is 25.7 Å². The number of methoxy groups -OCH3 is 1. The lowest BCUT2D eigenvalue weighted by Crippen LogP contribution is -2.45. The van der Waals surface area contributed by atoms with Crippen LogP contribution in [-0.4, -0.2) is 18.7 Å². The topological polar surface area (TPSA) is 26.3 Å². The molecule has 0 N–H and O–H groups in total. The van der Waals surface area contributed by atoms with Crippen LogP contribution in [0.1, 0.15) is 25.7 Å². The number of rotatable bonds is 1. The molecule has 62 valence electrons. The van der Waals surface area contributed by atoms with E-state index in [1.54, 1.807) is 0 Å². The number of esters is 1. The van der Waals surface area contributed by atoms with E-state index in [2.05, 4.69) is 4.74 Å². The van der Waals surface area contributed by atoms with Gasteiger partial charge in [-0.3, -0.25) is 4.79 Å². The van der Waals surface area contributed by atoms with E-state index in [-0.39, 0.29) is 5.97 Å². The molecular weight excluding hydrogens is 147 g/mol. The van der Waals surface area contributed by atoms with Crippen LogP contribution in [0.4, 0.5) is 4.39 Å². The summed E-state index contributed by atoms with van der Waals surface area (Å²) in [4.78, 5) is 11.1. The number of hydrogen-bond donors (Lipinski definition) is 0. The van der Waals surface area contributed by atoms with Crippen LogP contribution in [0.15, 0.2) is 0 Å². The van der Waals surface area contributed by atoms with Gasteiger partial charge in [0, 0.05) is 0 Å². The standard InChI is InChI=1S/C8H11FO2/c1-11-6(10)7-2-3-8(9,4-7)5-7/h2-5H2,1H3. The van der Waals surface area contributed by atoms with Crippen LogP contribution >= 0.6 is 0 Å². The van der Waals surface area contributed by atoms with Crippen LogP contribution in [-0.2, 0) is 9.53 Å². The summed E-state index contributed by atoms with van der Waals surface area (Å²) >= 11 is 0. The van der Waals surface area contributed by atoms with Gasteiger partial charge in [0.05, 0.1) is 12.5 Å². The van der Waals surface area contributed by atoms with Crippen LogP contribution in [0.2, 0.25) is 0 Å². The molecule has 3 aliphatic rings. The molecule has 0 heterocycles. The highest BCUT2D eigenvalue weighted by Crippen LogP contribution is 2.63. The lowest BCUT2D eigenvalue weighted by Gasteiger charge is -2.39. The molecule has 0 spiro atoms. The molecule has 3 heteroatoms. The van der Waals surface area contributed by atoms with Gasteiger partial charge in [0.1, 0.15) is 5.67 Å². The first kappa shape index (κ1) is 7.07. The van der Waals surface area contributed by atoms with Crippen molar-refractivity contribution in [2.75, 3.05) is 7.11 Å². The third kappa shape index (κ3) is 0.739. The predicted molar refractivity (Wildman–Crippen MR) is 36.8 cm³/mol. The Morgan fingerprint density at radius 2 is 2.09 bits per heavy atom. The largest absolute Gasteiger partial charge is 0.469 e. The molecule has 0 radical (unpaired) electrons. The van der Waals surface area contributed by atoms with Crippen molar-refractivity contribution in [1.82, 2.24) is 0 Å². The summed E-state index contributed by atoms with van der Waals surface area (Å²) in [5.41, 5.74) is -1.45. The molecule has 3 rings (SSSR count). The van der Waals surface area contributed by atoms with E-state index in [1.165, 1.54) is 7.11 Å². The Kier molecular flexibility index (Phi) is 1.13. The Morgan fingerprint density at radius 3 is 2.45 bits per heavy atom. The zero-order chi connectivity index (χ0) is 8.11. The van der Waals surface area contributed by atoms with Crippen molar-refractivity contribution in [2.45, 2.75) is 31.4 Å². The zero-order valence-electron chi connectivity index (χ0n) is 6.52. The maximum absolute atomic E-state index is 13.2. The summed E-state index contributed by atoms with van der Waals surface area (Å²) in [5, 5.41) is 0. The number of carbonyl (C=O) groups excluding carboxylic acids is 1. The van der Waals surface area contributed by atoms with Crippen LogP contribution < -0.4 is 0 Å². The predicted octanol–water partition coefficient (Wildman–Crippen LogP) is 1.44. The van der Waals surface area contributed by atoms with Crippen molar-refractivity contribution < 1.29 is 13.9 Å². The van der Waals surface area contributed by atoms with E-state index in [9.17, 15) is 9.18 Å². The second-order valence-electron chi connectivity index (χ2n) is 3.78.